The molecule has 0 atom stereocenters. The quantitative estimate of drug-likeness (QED) is 0.0564. The van der Waals surface area contributed by atoms with Crippen LogP contribution in [0.15, 0.2) is 163 Å². The van der Waals surface area contributed by atoms with Gasteiger partial charge < -0.3 is 25.7 Å². The smallest absolute Gasteiger partial charge is 0.205 e. The van der Waals surface area contributed by atoms with E-state index in [4.69, 9.17) is 31.6 Å². The molecular formula is C45H52BFN5O3. The second kappa shape index (κ2) is 32.0. The van der Waals surface area contributed by atoms with E-state index in [-0.39, 0.29) is 26.4 Å². The molecule has 0 aromatic heterocycles. The lowest BCUT2D eigenvalue weighted by molar-refractivity contribution is 0.403. The number of amidine groups is 1. The summed E-state index contributed by atoms with van der Waals surface area (Å²) in [5.41, 5.74) is 16.6. The number of nitrogens with one attached hydrogen (secondary N) is 1. The van der Waals surface area contributed by atoms with Crippen LogP contribution in [0.2, 0.25) is 0 Å². The molecule has 0 bridgehead atoms. The fourth-order valence-electron chi connectivity index (χ4n) is 4.18. The molecule has 0 aliphatic carbocycles. The minimum atomic E-state index is 0. The maximum atomic E-state index is 8.19. The van der Waals surface area contributed by atoms with Crippen LogP contribution in [0, 0.1) is 16.7 Å². The standard InChI is InChI=1S/C17H18N2O.C10H11NO.C9H7N.C8H11NO.CH4.B.FH/c1-20-16-10-6-5-9-15(16)13-19-17(18)12-11-14-7-3-2-4-8-14;1-12-10(11)8-7-9-5-3-2-4-6-9;10-8-4-7-9-5-2-1-3-6-9;1-10-8-5-3-2-4-7(8)6-9;;;/h2-12H,13H2,1H3,(H2,18,19);2-8,11H,1H3;1-7H;2-5H,6,9H2,1H3;1H4;;1H/b12-11+;8-7+,11-10?;7-4+;;;;. The number of halogens is 1. The lowest BCUT2D eigenvalue weighted by atomic mass is 10.2. The molecule has 0 fully saturated rings. The first-order valence-corrected chi connectivity index (χ1v) is 16.4. The topological polar surface area (TPSA) is 140 Å². The van der Waals surface area contributed by atoms with E-state index in [1.54, 1.807) is 26.4 Å². The summed E-state index contributed by atoms with van der Waals surface area (Å²) in [4.78, 5) is 4.35. The number of rotatable bonds is 10. The summed E-state index contributed by atoms with van der Waals surface area (Å²) in [7, 11) is 4.79. The van der Waals surface area contributed by atoms with Crippen molar-refractivity contribution in [2.45, 2.75) is 20.5 Å². The molecule has 0 amide bonds. The van der Waals surface area contributed by atoms with Crippen molar-refractivity contribution < 1.29 is 18.9 Å². The third-order valence-electron chi connectivity index (χ3n) is 6.88. The first kappa shape index (κ1) is 50.4. The molecule has 0 aliphatic heterocycles. The number of methoxy groups -OCH3 is 3. The zero-order valence-electron chi connectivity index (χ0n) is 30.9. The summed E-state index contributed by atoms with van der Waals surface area (Å²) >= 11 is 0. The highest BCUT2D eigenvalue weighted by Crippen LogP contribution is 2.18. The van der Waals surface area contributed by atoms with Crippen molar-refractivity contribution in [1.82, 2.24) is 0 Å². The van der Waals surface area contributed by atoms with Crippen LogP contribution < -0.4 is 20.9 Å². The van der Waals surface area contributed by atoms with Crippen LogP contribution in [0.3, 0.4) is 0 Å². The van der Waals surface area contributed by atoms with Gasteiger partial charge in [0.05, 0.1) is 33.9 Å². The fraction of sp³-hybridized carbons (Fsp3) is 0.133. The number of nitriles is 1. The highest BCUT2D eigenvalue weighted by molar-refractivity contribution is 5.95. The van der Waals surface area contributed by atoms with Crippen LogP contribution in [0.4, 0.5) is 4.70 Å². The number of ether oxygens (including phenoxy) is 3. The van der Waals surface area contributed by atoms with Crippen molar-refractivity contribution in [3.8, 4) is 17.6 Å². The summed E-state index contributed by atoms with van der Waals surface area (Å²) < 4.78 is 15.0. The Morgan fingerprint density at radius 3 is 1.47 bits per heavy atom. The van der Waals surface area contributed by atoms with Crippen LogP contribution >= 0.6 is 0 Å². The third kappa shape index (κ3) is 22.1. The van der Waals surface area contributed by atoms with Crippen LogP contribution in [0.1, 0.15) is 35.2 Å². The predicted octanol–water partition coefficient (Wildman–Crippen LogP) is 9.37. The number of allylic oxidation sites excluding steroid dienone is 1. The van der Waals surface area contributed by atoms with E-state index < -0.39 is 0 Å². The molecule has 5 rings (SSSR count). The number of hydrogen-bond acceptors (Lipinski definition) is 7. The van der Waals surface area contributed by atoms with Crippen LogP contribution in [-0.4, -0.2) is 41.5 Å². The van der Waals surface area contributed by atoms with Gasteiger partial charge in [-0.2, -0.15) is 5.26 Å². The summed E-state index contributed by atoms with van der Waals surface area (Å²) in [5.74, 6) is 2.36. The van der Waals surface area contributed by atoms with Gasteiger partial charge in [-0.3, -0.25) is 15.1 Å². The normalized spacial score (nSPS) is 9.91. The van der Waals surface area contributed by atoms with E-state index in [1.165, 1.54) is 13.2 Å². The van der Waals surface area contributed by atoms with Crippen LogP contribution in [0.25, 0.3) is 18.2 Å². The monoisotopic (exact) mass is 740 g/mol. The largest absolute Gasteiger partial charge is 0.496 e. The zero-order valence-corrected chi connectivity index (χ0v) is 30.9. The Kier molecular flexibility index (Phi) is 29.3. The van der Waals surface area contributed by atoms with Crippen molar-refractivity contribution >= 4 is 38.4 Å². The van der Waals surface area contributed by atoms with Gasteiger partial charge in [-0.25, -0.2) is 0 Å². The molecule has 0 spiro atoms. The number of para-hydroxylation sites is 2. The van der Waals surface area contributed by atoms with Gasteiger partial charge in [-0.1, -0.05) is 141 Å². The maximum Gasteiger partial charge on any atom is 0.205 e. The van der Waals surface area contributed by atoms with E-state index >= 15 is 0 Å². The Bertz CT molecular complexity index is 1870. The maximum absolute atomic E-state index is 8.19. The first-order valence-electron chi connectivity index (χ1n) is 16.4. The van der Waals surface area contributed by atoms with Gasteiger partial charge >= 0.3 is 0 Å². The average Bonchev–Trinajstić information content (AvgIpc) is 3.22. The highest BCUT2D eigenvalue weighted by atomic mass is 19.0. The van der Waals surface area contributed by atoms with E-state index in [1.807, 2.05) is 164 Å². The summed E-state index contributed by atoms with van der Waals surface area (Å²) in [6, 6.07) is 47.0. The van der Waals surface area contributed by atoms with E-state index in [9.17, 15) is 0 Å². The molecule has 0 saturated heterocycles. The lowest BCUT2D eigenvalue weighted by Crippen LogP contribution is -2.08. The zero-order chi connectivity index (χ0) is 37.7. The van der Waals surface area contributed by atoms with Gasteiger partial charge in [0, 0.05) is 38.2 Å². The SMILES string of the molecule is C.COC(=N)/C=C/c1ccccc1.COc1ccccc1CN.COc1ccccc1CN=C(N)/C=C/c1ccccc1.F.N#C/C=C/c1ccccc1.[B]. The highest BCUT2D eigenvalue weighted by Gasteiger charge is 2.00. The molecule has 0 heterocycles. The molecule has 55 heavy (non-hydrogen) atoms. The third-order valence-corrected chi connectivity index (χ3v) is 6.88. The number of hydrogen-bond donors (Lipinski definition) is 3. The number of nitrogens with zero attached hydrogens (tertiary/aromatic N) is 2. The van der Waals surface area contributed by atoms with Crippen molar-refractivity contribution in [2.75, 3.05) is 21.3 Å². The second-order valence-corrected chi connectivity index (χ2v) is 10.5. The van der Waals surface area contributed by atoms with Crippen LogP contribution in [-0.2, 0) is 17.8 Å². The molecule has 10 heteroatoms. The molecule has 5 N–H and O–H groups in total. The van der Waals surface area contributed by atoms with Crippen molar-refractivity contribution in [3.63, 3.8) is 0 Å². The molecule has 285 valence electrons. The fourth-order valence-corrected chi connectivity index (χ4v) is 4.18. The Morgan fingerprint density at radius 2 is 1.05 bits per heavy atom. The molecule has 5 aromatic carbocycles. The molecule has 0 saturated carbocycles. The number of benzene rings is 5. The molecule has 8 nitrogen and oxygen atoms in total. The summed E-state index contributed by atoms with van der Waals surface area (Å²) in [6.45, 7) is 1.04. The Morgan fingerprint density at radius 1 is 0.655 bits per heavy atom. The lowest BCUT2D eigenvalue weighted by Gasteiger charge is -2.05. The van der Waals surface area contributed by atoms with E-state index in [0.717, 1.165) is 39.3 Å². The summed E-state index contributed by atoms with van der Waals surface area (Å²) in [6.07, 6.45) is 10.5. The van der Waals surface area contributed by atoms with Gasteiger partial charge in [0.2, 0.25) is 5.90 Å². The molecule has 5 aromatic rings. The number of nitrogens with two attached hydrogens (primary N) is 2. The average molecular weight is 741 g/mol. The molecule has 3 radical (unpaired) electrons. The Balaban J connectivity index is 0. The van der Waals surface area contributed by atoms with Crippen molar-refractivity contribution in [1.29, 1.82) is 10.7 Å². The van der Waals surface area contributed by atoms with Gasteiger partial charge in [0.15, 0.2) is 0 Å². The molecular weight excluding hydrogens is 688 g/mol. The van der Waals surface area contributed by atoms with Crippen LogP contribution in [0.5, 0.6) is 11.5 Å². The minimum absolute atomic E-state index is 0. The molecule has 0 aliphatic rings. The Hall–Kier alpha value is -6.70. The van der Waals surface area contributed by atoms with Gasteiger partial charge in [0.1, 0.15) is 17.3 Å². The Labute approximate surface area is 328 Å². The number of aliphatic imine (C=N–C) groups is 1. The van der Waals surface area contributed by atoms with E-state index in [2.05, 4.69) is 9.73 Å². The van der Waals surface area contributed by atoms with Crippen molar-refractivity contribution in [2.24, 2.45) is 16.5 Å². The van der Waals surface area contributed by atoms with Gasteiger partial charge in [-0.15, -0.1) is 0 Å². The predicted molar refractivity (Wildman–Crippen MR) is 231 cm³/mol. The molecule has 0 unspecified atom stereocenters. The first-order chi connectivity index (χ1) is 25.4. The minimum Gasteiger partial charge on any atom is -0.496 e. The summed E-state index contributed by atoms with van der Waals surface area (Å²) in [5, 5.41) is 15.4. The second-order valence-electron chi connectivity index (χ2n) is 10.5. The van der Waals surface area contributed by atoms with Gasteiger partial charge in [-0.05, 0) is 47.1 Å². The van der Waals surface area contributed by atoms with Gasteiger partial charge in [0.25, 0.3) is 0 Å². The van der Waals surface area contributed by atoms with E-state index in [0.29, 0.717) is 18.9 Å². The van der Waals surface area contributed by atoms with Crippen molar-refractivity contribution in [3.05, 3.63) is 186 Å².